The number of hydrogen-bond acceptors (Lipinski definition) is 2. The fourth-order valence-corrected chi connectivity index (χ4v) is 11.6. The summed E-state index contributed by atoms with van der Waals surface area (Å²) in [5, 5.41) is 10.3. The van der Waals surface area contributed by atoms with Crippen molar-refractivity contribution < 1.29 is 105 Å². The molecule has 3 aromatic heterocycles. The number of nitriles is 1. The van der Waals surface area contributed by atoms with Gasteiger partial charge in [0.1, 0.15) is 0 Å². The van der Waals surface area contributed by atoms with Crippen LogP contribution in [0.25, 0.3) is 111 Å². The van der Waals surface area contributed by atoms with Gasteiger partial charge in [-0.3, -0.25) is 4.98 Å². The number of hydrogen-bond donors (Lipinski definition) is 0. The molecule has 0 unspecified atom stereocenters. The minimum atomic E-state index is -5.39. The largest absolute Gasteiger partial charge is 0.416 e. The molecule has 0 saturated heterocycles. The van der Waals surface area contributed by atoms with Crippen molar-refractivity contribution >= 4 is 43.6 Å². The Hall–Kier alpha value is -10.5. The normalized spacial score (nSPS) is 13.2. The Bertz CT molecular complexity index is 4780. The maximum atomic E-state index is 14.4. The second-order valence-electron chi connectivity index (χ2n) is 22.0. The smallest absolute Gasteiger partial charge is 0.307 e. The number of pyridine rings is 1. The van der Waals surface area contributed by atoms with E-state index in [2.05, 4.69) is 4.98 Å². The fraction of sp³-hybridized carbons (Fsp3) is 0.118. The summed E-state index contributed by atoms with van der Waals surface area (Å²) < 4.78 is 348. The molecule has 0 spiro atoms. The van der Waals surface area contributed by atoms with Crippen molar-refractivity contribution in [2.24, 2.45) is 0 Å². The minimum absolute atomic E-state index is 0.0280. The van der Waals surface area contributed by atoms with Crippen LogP contribution in [-0.2, 0) is 49.4 Å². The molecule has 0 atom stereocenters. The summed E-state index contributed by atoms with van der Waals surface area (Å²) in [5.41, 5.74) is -19.2. The Kier molecular flexibility index (Phi) is 15.3. The third-order valence-corrected chi connectivity index (χ3v) is 15.9. The van der Waals surface area contributed by atoms with Crippen LogP contribution in [0.1, 0.15) is 50.1 Å². The molecule has 0 aliphatic rings. The van der Waals surface area contributed by atoms with Crippen molar-refractivity contribution in [2.45, 2.75) is 49.4 Å². The van der Waals surface area contributed by atoms with E-state index in [4.69, 9.17) is 0 Å². The van der Waals surface area contributed by atoms with Gasteiger partial charge in [-0.1, -0.05) is 30.3 Å². The number of alkyl halides is 24. The molecule has 0 amide bonds. The molecule has 0 aliphatic carbocycles. The molecule has 0 fully saturated rings. The molecule has 0 bridgehead atoms. The van der Waals surface area contributed by atoms with Crippen LogP contribution in [0.15, 0.2) is 182 Å². The van der Waals surface area contributed by atoms with Crippen LogP contribution in [0.3, 0.4) is 0 Å². The first-order chi connectivity index (χ1) is 44.5. The van der Waals surface area contributed by atoms with Gasteiger partial charge < -0.3 is 9.13 Å². The number of rotatable bonds is 7. The Morgan fingerprint density at radius 3 is 0.740 bits per heavy atom. The molecule has 96 heavy (non-hydrogen) atoms. The van der Waals surface area contributed by atoms with Crippen molar-refractivity contribution in [1.29, 1.82) is 5.26 Å². The summed E-state index contributed by atoms with van der Waals surface area (Å²) >= 11 is 0. The fourth-order valence-electron chi connectivity index (χ4n) is 11.6. The van der Waals surface area contributed by atoms with E-state index in [1.165, 1.54) is 57.9 Å². The van der Waals surface area contributed by atoms with E-state index < -0.39 is 116 Å². The second kappa shape index (κ2) is 22.3. The van der Waals surface area contributed by atoms with Crippen molar-refractivity contribution in [3.8, 4) is 73.1 Å². The van der Waals surface area contributed by atoms with E-state index in [0.717, 1.165) is 60.7 Å². The van der Waals surface area contributed by atoms with Gasteiger partial charge in [0.05, 0.1) is 89.6 Å². The average molecular weight is 1360 g/mol. The topological polar surface area (TPSA) is 46.5 Å². The minimum Gasteiger partial charge on any atom is -0.307 e. The molecule has 4 nitrogen and oxygen atoms in total. The highest BCUT2D eigenvalue weighted by Crippen LogP contribution is 2.49. The SMILES string of the molecule is N#Cc1cc(-n2c3ccc(-c4cc(C(F)(F)F)cc(C(F)(F)F)c4)cc3c3cc(-c4cc(C(F)(F)F)cc(C(F)(F)F)c4)ccc32)c(-n2c3ccc(-c4cc(C(F)(F)F)cc(C(F)(F)F)c4)cc3c3cc(-c4cc(C(F)(F)F)cc(C(F)(F)F)c4)ccc32)cc1-c1cccnc1. The lowest BCUT2D eigenvalue weighted by atomic mass is 9.96. The highest BCUT2D eigenvalue weighted by atomic mass is 19.4. The third kappa shape index (κ3) is 12.3. The maximum Gasteiger partial charge on any atom is 0.416 e. The van der Waals surface area contributed by atoms with Gasteiger partial charge in [0, 0.05) is 45.1 Å². The number of benzene rings is 9. The molecule has 12 aromatic rings. The van der Waals surface area contributed by atoms with Crippen LogP contribution in [-0.4, -0.2) is 14.1 Å². The van der Waals surface area contributed by atoms with Crippen LogP contribution in [0, 0.1) is 11.3 Å². The zero-order valence-corrected chi connectivity index (χ0v) is 47.2. The van der Waals surface area contributed by atoms with E-state index in [0.29, 0.717) is 48.5 Å². The van der Waals surface area contributed by atoms with Crippen LogP contribution >= 0.6 is 0 Å². The molecular formula is C68H30F24N4. The van der Waals surface area contributed by atoms with Crippen molar-refractivity contribution in [2.75, 3.05) is 0 Å². The Balaban J connectivity index is 1.22. The molecule has 0 saturated carbocycles. The molecule has 28 heteroatoms. The monoisotopic (exact) mass is 1360 g/mol. The molecule has 0 N–H and O–H groups in total. The number of aromatic nitrogens is 3. The average Bonchev–Trinajstić information content (AvgIpc) is 1.55. The van der Waals surface area contributed by atoms with Crippen LogP contribution in [0.5, 0.6) is 0 Å². The second-order valence-corrected chi connectivity index (χ2v) is 22.0. The van der Waals surface area contributed by atoms with Crippen LogP contribution < -0.4 is 0 Å². The number of halogens is 24. The summed E-state index contributed by atoms with van der Waals surface area (Å²) in [4.78, 5) is 4.13. The number of fused-ring (bicyclic) bond motifs is 6. The summed E-state index contributed by atoms with van der Waals surface area (Å²) in [5.74, 6) is 0. The predicted octanol–water partition coefficient (Wildman–Crippen LogP) is 23.6. The van der Waals surface area contributed by atoms with E-state index in [9.17, 15) is 111 Å². The Labute approximate surface area is 521 Å². The van der Waals surface area contributed by atoms with E-state index in [-0.39, 0.29) is 118 Å². The highest BCUT2D eigenvalue weighted by molar-refractivity contribution is 6.14. The molecule has 0 radical (unpaired) electrons. The molecule has 12 rings (SSSR count). The van der Waals surface area contributed by atoms with Gasteiger partial charge in [-0.25, -0.2) is 0 Å². The summed E-state index contributed by atoms with van der Waals surface area (Å²) in [6.45, 7) is 0. The lowest BCUT2D eigenvalue weighted by Gasteiger charge is -2.20. The van der Waals surface area contributed by atoms with Gasteiger partial charge in [-0.15, -0.1) is 0 Å². The molecule has 490 valence electrons. The van der Waals surface area contributed by atoms with E-state index in [1.54, 1.807) is 0 Å². The van der Waals surface area contributed by atoms with E-state index >= 15 is 0 Å². The van der Waals surface area contributed by atoms with Crippen molar-refractivity contribution in [3.63, 3.8) is 0 Å². The van der Waals surface area contributed by atoms with Gasteiger partial charge in [-0.05, 0) is 184 Å². The van der Waals surface area contributed by atoms with Gasteiger partial charge >= 0.3 is 49.4 Å². The van der Waals surface area contributed by atoms with Crippen LogP contribution in [0.4, 0.5) is 105 Å². The van der Waals surface area contributed by atoms with Gasteiger partial charge in [0.2, 0.25) is 0 Å². The van der Waals surface area contributed by atoms with Gasteiger partial charge in [-0.2, -0.15) is 111 Å². The molecular weight excluding hydrogens is 1330 g/mol. The lowest BCUT2D eigenvalue weighted by Crippen LogP contribution is -2.11. The zero-order chi connectivity index (χ0) is 69.5. The van der Waals surface area contributed by atoms with Crippen LogP contribution in [0.2, 0.25) is 0 Å². The zero-order valence-electron chi connectivity index (χ0n) is 47.2. The first-order valence-corrected chi connectivity index (χ1v) is 27.4. The lowest BCUT2D eigenvalue weighted by molar-refractivity contribution is -0.144. The highest BCUT2D eigenvalue weighted by Gasteiger charge is 2.42. The van der Waals surface area contributed by atoms with Crippen molar-refractivity contribution in [1.82, 2.24) is 14.1 Å². The quantitative estimate of drug-likeness (QED) is 0.149. The standard InChI is InChI=1S/C68H30F24N4/c69-61(70,71)42-12-37(13-43(25-42)62(72,73)74)32-3-7-55-51(20-32)52-21-33(38-14-44(63(75,76)77)26-45(15-38)64(78,79)80)4-8-56(52)95(55)59-24-41(30-93)50(36-2-1-11-94-31-36)29-60(59)96-57-9-5-34(39-16-46(65(81,82)83)27-47(17-39)66(84,85)86)22-53(57)54-23-35(6-10-58(54)96)40-18-48(67(87,88)89)28-49(19-40)68(90,91)92/h1-29,31H. The van der Waals surface area contributed by atoms with E-state index in [1.807, 2.05) is 6.07 Å². The number of nitrogens with zero attached hydrogens (tertiary/aromatic N) is 4. The third-order valence-electron chi connectivity index (χ3n) is 15.9. The van der Waals surface area contributed by atoms with Crippen molar-refractivity contribution in [3.05, 3.63) is 232 Å². The Morgan fingerprint density at radius 1 is 0.271 bits per heavy atom. The first-order valence-electron chi connectivity index (χ1n) is 27.4. The summed E-state index contributed by atoms with van der Waals surface area (Å²) in [6.07, 6.45) is -40.5. The maximum absolute atomic E-state index is 14.4. The summed E-state index contributed by atoms with van der Waals surface area (Å²) in [6, 6.07) is 23.1. The predicted molar refractivity (Wildman–Crippen MR) is 305 cm³/mol. The molecule has 0 aliphatic heterocycles. The molecule has 3 heterocycles. The van der Waals surface area contributed by atoms with Gasteiger partial charge in [0.25, 0.3) is 0 Å². The summed E-state index contributed by atoms with van der Waals surface area (Å²) in [7, 11) is 0. The Morgan fingerprint density at radius 2 is 0.521 bits per heavy atom. The first kappa shape index (κ1) is 65.6. The van der Waals surface area contributed by atoms with Gasteiger partial charge in [0.15, 0.2) is 0 Å². The molecule has 9 aromatic carbocycles.